The molecule has 0 amide bonds. The molecule has 6 heteroatoms. The zero-order valence-electron chi connectivity index (χ0n) is 13.8. The molecule has 128 valence electrons. The second-order valence-corrected chi connectivity index (χ2v) is 8.66. The molecule has 0 atom stereocenters. The van der Waals surface area contributed by atoms with Crippen LogP contribution in [0.4, 0.5) is 0 Å². The normalized spacial score (nSPS) is 18.5. The van der Waals surface area contributed by atoms with E-state index in [1.165, 1.54) is 59.7 Å². The number of ether oxygens (including phenoxy) is 1. The Morgan fingerprint density at radius 2 is 2.00 bits per heavy atom. The summed E-state index contributed by atoms with van der Waals surface area (Å²) in [5, 5.41) is 2.13. The van der Waals surface area contributed by atoms with Gasteiger partial charge < -0.3 is 4.74 Å². The van der Waals surface area contributed by atoms with Crippen molar-refractivity contribution in [2.24, 2.45) is 0 Å². The highest BCUT2D eigenvalue weighted by Gasteiger charge is 2.22. The Bertz CT molecular complexity index is 738. The summed E-state index contributed by atoms with van der Waals surface area (Å²) in [4.78, 5) is 23.6. The van der Waals surface area contributed by atoms with E-state index >= 15 is 0 Å². The van der Waals surface area contributed by atoms with Crippen molar-refractivity contribution < 1.29 is 9.53 Å². The summed E-state index contributed by atoms with van der Waals surface area (Å²) in [6.45, 7) is 0. The molecule has 2 aromatic heterocycles. The third kappa shape index (κ3) is 3.45. The van der Waals surface area contributed by atoms with E-state index in [9.17, 15) is 4.79 Å². The summed E-state index contributed by atoms with van der Waals surface area (Å²) in [7, 11) is 0. The second-order valence-electron chi connectivity index (χ2n) is 6.61. The predicted molar refractivity (Wildman–Crippen MR) is 97.7 cm³/mol. The van der Waals surface area contributed by atoms with E-state index in [4.69, 9.17) is 4.74 Å². The Hall–Kier alpha value is -1.14. The predicted octanol–water partition coefficient (Wildman–Crippen LogP) is 4.54. The number of thioether (sulfide) groups is 1. The van der Waals surface area contributed by atoms with Gasteiger partial charge in [-0.2, -0.15) is 0 Å². The molecular formula is C18H22N2O2S2. The number of hydrogen-bond donors (Lipinski definition) is 0. The van der Waals surface area contributed by atoms with Gasteiger partial charge in [0.2, 0.25) is 0 Å². The Labute approximate surface area is 150 Å². The van der Waals surface area contributed by atoms with Gasteiger partial charge in [0.15, 0.2) is 0 Å². The highest BCUT2D eigenvalue weighted by atomic mass is 32.2. The number of carbonyl (C=O) groups excluding carboxylic acids is 1. The zero-order valence-corrected chi connectivity index (χ0v) is 15.4. The number of thiophene rings is 1. The molecule has 1 fully saturated rings. The fourth-order valence-electron chi connectivity index (χ4n) is 3.70. The molecule has 0 N–H and O–H groups in total. The Morgan fingerprint density at radius 3 is 2.88 bits per heavy atom. The number of aryl methyl sites for hydroxylation is 2. The van der Waals surface area contributed by atoms with Gasteiger partial charge in [-0.25, -0.2) is 9.97 Å². The first-order valence-corrected chi connectivity index (χ1v) is 10.7. The van der Waals surface area contributed by atoms with Crippen LogP contribution in [0, 0.1) is 0 Å². The number of nitrogens with zero attached hydrogens (tertiary/aromatic N) is 2. The van der Waals surface area contributed by atoms with Gasteiger partial charge in [0.1, 0.15) is 22.3 Å². The van der Waals surface area contributed by atoms with Crippen molar-refractivity contribution in [1.82, 2.24) is 9.97 Å². The van der Waals surface area contributed by atoms with E-state index in [0.29, 0.717) is 5.75 Å². The molecule has 0 aliphatic heterocycles. The number of rotatable bonds is 4. The van der Waals surface area contributed by atoms with Crippen molar-refractivity contribution >= 4 is 39.3 Å². The first-order valence-electron chi connectivity index (χ1n) is 8.89. The maximum atomic E-state index is 12.2. The zero-order chi connectivity index (χ0) is 16.4. The minimum Gasteiger partial charge on any atom is -0.462 e. The standard InChI is InChI=1S/C18H22N2O2S2/c21-15(22-12-6-2-1-3-7-12)10-23-17-16-13-8-4-5-9-14(13)24-18(16)20-11-19-17/h11-12H,1-10H2. The lowest BCUT2D eigenvalue weighted by molar-refractivity contribution is -0.147. The molecule has 0 unspecified atom stereocenters. The first kappa shape index (κ1) is 16.3. The summed E-state index contributed by atoms with van der Waals surface area (Å²) in [6.07, 6.45) is 12.2. The molecule has 1 saturated carbocycles. The molecule has 0 bridgehead atoms. The van der Waals surface area contributed by atoms with Crippen LogP contribution < -0.4 is 0 Å². The van der Waals surface area contributed by atoms with Crippen LogP contribution in [0.3, 0.4) is 0 Å². The fraction of sp³-hybridized carbons (Fsp3) is 0.611. The van der Waals surface area contributed by atoms with Crippen LogP contribution >= 0.6 is 23.1 Å². The van der Waals surface area contributed by atoms with Crippen molar-refractivity contribution in [2.45, 2.75) is 68.9 Å². The summed E-state index contributed by atoms with van der Waals surface area (Å²) >= 11 is 3.30. The van der Waals surface area contributed by atoms with Gasteiger partial charge in [0.05, 0.1) is 5.75 Å². The quantitative estimate of drug-likeness (QED) is 0.454. The van der Waals surface area contributed by atoms with Crippen LogP contribution in [0.1, 0.15) is 55.4 Å². The highest BCUT2D eigenvalue weighted by molar-refractivity contribution is 8.00. The third-order valence-electron chi connectivity index (χ3n) is 4.89. The molecule has 2 aromatic rings. The minimum atomic E-state index is -0.109. The van der Waals surface area contributed by atoms with E-state index < -0.39 is 0 Å². The van der Waals surface area contributed by atoms with Crippen molar-refractivity contribution in [3.05, 3.63) is 16.8 Å². The maximum Gasteiger partial charge on any atom is 0.316 e. The number of hydrogen-bond acceptors (Lipinski definition) is 6. The minimum absolute atomic E-state index is 0.109. The molecule has 2 aliphatic rings. The number of carbonyl (C=O) groups is 1. The largest absolute Gasteiger partial charge is 0.462 e. The monoisotopic (exact) mass is 362 g/mol. The number of aromatic nitrogens is 2. The smallest absolute Gasteiger partial charge is 0.316 e. The number of fused-ring (bicyclic) bond motifs is 3. The van der Waals surface area contributed by atoms with Gasteiger partial charge in [-0.05, 0) is 56.9 Å². The van der Waals surface area contributed by atoms with Crippen molar-refractivity contribution in [3.63, 3.8) is 0 Å². The van der Waals surface area contributed by atoms with E-state index in [2.05, 4.69) is 9.97 Å². The molecule has 0 aromatic carbocycles. The average Bonchev–Trinajstić information content (AvgIpc) is 3.00. The molecule has 0 spiro atoms. The van der Waals surface area contributed by atoms with Gasteiger partial charge >= 0.3 is 5.97 Å². The van der Waals surface area contributed by atoms with E-state index in [1.54, 1.807) is 17.7 Å². The summed E-state index contributed by atoms with van der Waals surface area (Å²) in [5.41, 5.74) is 1.42. The van der Waals surface area contributed by atoms with Gasteiger partial charge in [0, 0.05) is 10.3 Å². The van der Waals surface area contributed by atoms with Crippen LogP contribution in [0.15, 0.2) is 11.4 Å². The average molecular weight is 363 g/mol. The van der Waals surface area contributed by atoms with Crippen molar-refractivity contribution in [1.29, 1.82) is 0 Å². The van der Waals surface area contributed by atoms with Gasteiger partial charge in [-0.3, -0.25) is 4.79 Å². The lowest BCUT2D eigenvalue weighted by Gasteiger charge is -2.21. The van der Waals surface area contributed by atoms with Crippen LogP contribution in [0.25, 0.3) is 10.2 Å². The van der Waals surface area contributed by atoms with Crippen LogP contribution in [0.2, 0.25) is 0 Å². The molecule has 2 aliphatic carbocycles. The highest BCUT2D eigenvalue weighted by Crippen LogP contribution is 2.39. The van der Waals surface area contributed by atoms with Crippen LogP contribution in [-0.4, -0.2) is 27.8 Å². The summed E-state index contributed by atoms with van der Waals surface area (Å²) in [6, 6.07) is 0. The molecule has 4 rings (SSSR count). The van der Waals surface area contributed by atoms with E-state index in [1.807, 2.05) is 0 Å². The molecule has 0 saturated heterocycles. The SMILES string of the molecule is O=C(CSc1ncnc2sc3c(c12)CCCC3)OC1CCCCC1. The van der Waals surface area contributed by atoms with E-state index in [0.717, 1.165) is 35.5 Å². The molecule has 0 radical (unpaired) electrons. The maximum absolute atomic E-state index is 12.2. The molecule has 24 heavy (non-hydrogen) atoms. The first-order chi connectivity index (χ1) is 11.8. The van der Waals surface area contributed by atoms with Crippen molar-refractivity contribution in [3.8, 4) is 0 Å². The third-order valence-corrected chi connectivity index (χ3v) is 7.06. The van der Waals surface area contributed by atoms with Crippen molar-refractivity contribution in [2.75, 3.05) is 5.75 Å². The van der Waals surface area contributed by atoms with Gasteiger partial charge in [-0.1, -0.05) is 18.2 Å². The van der Waals surface area contributed by atoms with Gasteiger partial charge in [0.25, 0.3) is 0 Å². The van der Waals surface area contributed by atoms with Crippen LogP contribution in [0.5, 0.6) is 0 Å². The Balaban J connectivity index is 1.46. The fourth-order valence-corrected chi connectivity index (χ4v) is 5.80. The summed E-state index contributed by atoms with van der Waals surface area (Å²) in [5.74, 6) is 0.232. The van der Waals surface area contributed by atoms with E-state index in [-0.39, 0.29) is 12.1 Å². The molecule has 4 nitrogen and oxygen atoms in total. The topological polar surface area (TPSA) is 52.1 Å². The molecule has 2 heterocycles. The lowest BCUT2D eigenvalue weighted by atomic mass is 9.97. The molecular weight excluding hydrogens is 340 g/mol. The lowest BCUT2D eigenvalue weighted by Crippen LogP contribution is -2.21. The second kappa shape index (κ2) is 7.40. The number of esters is 1. The Morgan fingerprint density at radius 1 is 1.17 bits per heavy atom. The summed E-state index contributed by atoms with van der Waals surface area (Å²) < 4.78 is 5.62. The Kier molecular flexibility index (Phi) is 5.03. The van der Waals surface area contributed by atoms with Gasteiger partial charge in [-0.15, -0.1) is 11.3 Å². The van der Waals surface area contributed by atoms with Crippen LogP contribution in [-0.2, 0) is 22.4 Å².